The maximum Gasteiger partial charge on any atom is 0.252 e. The molecule has 0 spiro atoms. The van der Waals surface area contributed by atoms with Crippen LogP contribution in [-0.4, -0.2) is 47.5 Å². The van der Waals surface area contributed by atoms with Gasteiger partial charge in [-0.05, 0) is 25.1 Å². The Labute approximate surface area is 187 Å². The predicted molar refractivity (Wildman–Crippen MR) is 116 cm³/mol. The Balaban J connectivity index is 1.49. The molecule has 33 heavy (non-hydrogen) atoms. The van der Waals surface area contributed by atoms with Gasteiger partial charge in [0.1, 0.15) is 13.2 Å². The molecule has 0 saturated carbocycles. The Hall–Kier alpha value is -4.38. The number of nitrogens with zero attached hydrogens (tertiary/aromatic N) is 6. The molecule has 2 N–H and O–H groups in total. The predicted octanol–water partition coefficient (Wildman–Crippen LogP) is 2.15. The molecule has 0 saturated heterocycles. The zero-order valence-corrected chi connectivity index (χ0v) is 17.6. The van der Waals surface area contributed by atoms with Gasteiger partial charge in [-0.25, -0.2) is 0 Å². The highest BCUT2D eigenvalue weighted by Gasteiger charge is 2.19. The number of aliphatic hydroxyl groups is 1. The fourth-order valence-corrected chi connectivity index (χ4v) is 3.36. The van der Waals surface area contributed by atoms with Gasteiger partial charge in [-0.3, -0.25) is 9.78 Å². The number of aliphatic hydroxyl groups excluding tert-OH is 1. The zero-order valence-electron chi connectivity index (χ0n) is 17.6. The Bertz CT molecular complexity index is 1440. The number of hydrogen-bond acceptors (Lipinski definition) is 9. The van der Waals surface area contributed by atoms with E-state index in [2.05, 4.69) is 30.8 Å². The molecule has 0 atom stereocenters. The number of ether oxygens (including phenoxy) is 1. The van der Waals surface area contributed by atoms with E-state index in [9.17, 15) is 9.90 Å². The van der Waals surface area contributed by atoms with E-state index in [-0.39, 0.29) is 19.1 Å². The summed E-state index contributed by atoms with van der Waals surface area (Å²) < 4.78 is 12.6. The Morgan fingerprint density at radius 1 is 1.18 bits per heavy atom. The monoisotopic (exact) mass is 445 g/mol. The second-order valence-electron chi connectivity index (χ2n) is 7.13. The fourth-order valence-electron chi connectivity index (χ4n) is 3.36. The normalized spacial score (nSPS) is 11.2. The van der Waals surface area contributed by atoms with Gasteiger partial charge in [-0.15, -0.1) is 15.3 Å². The third-order valence-corrected chi connectivity index (χ3v) is 4.95. The number of carbonyl (C=O) groups excluding carboxylic acids is 1. The molecule has 5 aromatic rings. The van der Waals surface area contributed by atoms with Crippen molar-refractivity contribution in [1.29, 1.82) is 0 Å². The lowest BCUT2D eigenvalue weighted by Gasteiger charge is -2.10. The molecule has 0 fully saturated rings. The molecule has 5 rings (SSSR count). The fraction of sp³-hybridized carbons (Fsp3) is 0.182. The maximum atomic E-state index is 11.9. The standard InChI is InChI=1S/C22H19N7O4/c1-2-23-21(31)13-7-8-14(24-10-13)12-32-22-17-6-4-3-5-16(17)19-25-26-20(29(19)27-22)18-9-15(11-30)33-28-18/h3-10,30H,2,11-12H2,1H3,(H,23,31). The summed E-state index contributed by atoms with van der Waals surface area (Å²) in [6.45, 7) is 2.28. The van der Waals surface area contributed by atoms with Crippen molar-refractivity contribution in [3.05, 3.63) is 65.7 Å². The minimum atomic E-state index is -0.277. The molecule has 11 nitrogen and oxygen atoms in total. The van der Waals surface area contributed by atoms with E-state index in [1.807, 2.05) is 31.2 Å². The van der Waals surface area contributed by atoms with Gasteiger partial charge in [-0.2, -0.15) is 4.52 Å². The van der Waals surface area contributed by atoms with Crippen molar-refractivity contribution in [1.82, 2.24) is 35.3 Å². The summed E-state index contributed by atoms with van der Waals surface area (Å²) in [4.78, 5) is 16.2. The Kier molecular flexibility index (Phi) is 5.37. The molecule has 0 unspecified atom stereocenters. The van der Waals surface area contributed by atoms with E-state index >= 15 is 0 Å². The van der Waals surface area contributed by atoms with E-state index in [4.69, 9.17) is 9.26 Å². The second-order valence-corrected chi connectivity index (χ2v) is 7.13. The lowest BCUT2D eigenvalue weighted by molar-refractivity contribution is 0.0955. The quantitative estimate of drug-likeness (QED) is 0.385. The first-order valence-corrected chi connectivity index (χ1v) is 10.2. The van der Waals surface area contributed by atoms with Crippen molar-refractivity contribution in [3.63, 3.8) is 0 Å². The number of hydrogen-bond donors (Lipinski definition) is 2. The molecular weight excluding hydrogens is 426 g/mol. The topological polar surface area (TPSA) is 141 Å². The van der Waals surface area contributed by atoms with Crippen molar-refractivity contribution < 1.29 is 19.2 Å². The van der Waals surface area contributed by atoms with Crippen LogP contribution in [-0.2, 0) is 13.2 Å². The van der Waals surface area contributed by atoms with Crippen LogP contribution in [0.4, 0.5) is 0 Å². The minimum Gasteiger partial charge on any atom is -0.470 e. The van der Waals surface area contributed by atoms with Gasteiger partial charge >= 0.3 is 0 Å². The SMILES string of the molecule is CCNC(=O)c1ccc(COc2nn3c(-c4cc(CO)on4)nnc3c3ccccc23)nc1. The van der Waals surface area contributed by atoms with E-state index < -0.39 is 0 Å². The van der Waals surface area contributed by atoms with E-state index in [1.54, 1.807) is 18.2 Å². The molecule has 11 heteroatoms. The minimum absolute atomic E-state index is 0.147. The summed E-state index contributed by atoms with van der Waals surface area (Å²) >= 11 is 0. The van der Waals surface area contributed by atoms with Crippen LogP contribution >= 0.6 is 0 Å². The van der Waals surface area contributed by atoms with Crippen LogP contribution in [0.25, 0.3) is 27.9 Å². The van der Waals surface area contributed by atoms with Crippen LogP contribution in [0.1, 0.15) is 28.7 Å². The van der Waals surface area contributed by atoms with Crippen molar-refractivity contribution in [3.8, 4) is 17.4 Å². The van der Waals surface area contributed by atoms with Gasteiger partial charge in [0.05, 0.1) is 11.3 Å². The summed E-state index contributed by atoms with van der Waals surface area (Å²) in [6, 6.07) is 12.6. The highest BCUT2D eigenvalue weighted by molar-refractivity contribution is 5.97. The third-order valence-electron chi connectivity index (χ3n) is 4.95. The van der Waals surface area contributed by atoms with Crippen LogP contribution in [0.2, 0.25) is 0 Å². The van der Waals surface area contributed by atoms with Gasteiger partial charge in [0, 0.05) is 29.6 Å². The molecule has 0 radical (unpaired) electrons. The summed E-state index contributed by atoms with van der Waals surface area (Å²) in [7, 11) is 0. The average Bonchev–Trinajstić information content (AvgIpc) is 3.50. The lowest BCUT2D eigenvalue weighted by atomic mass is 10.2. The number of fused-ring (bicyclic) bond motifs is 3. The van der Waals surface area contributed by atoms with Crippen LogP contribution in [0.15, 0.2) is 53.2 Å². The number of aromatic nitrogens is 6. The van der Waals surface area contributed by atoms with Crippen LogP contribution in [0.5, 0.6) is 5.88 Å². The van der Waals surface area contributed by atoms with Gasteiger partial charge < -0.3 is 19.7 Å². The zero-order chi connectivity index (χ0) is 22.8. The Morgan fingerprint density at radius 3 is 2.76 bits per heavy atom. The smallest absolute Gasteiger partial charge is 0.252 e. The Morgan fingerprint density at radius 2 is 2.03 bits per heavy atom. The first kappa shape index (κ1) is 20.5. The van der Waals surface area contributed by atoms with Gasteiger partial charge in [0.25, 0.3) is 5.91 Å². The van der Waals surface area contributed by atoms with E-state index in [1.165, 1.54) is 10.7 Å². The van der Waals surface area contributed by atoms with Crippen LogP contribution < -0.4 is 10.1 Å². The van der Waals surface area contributed by atoms with Crippen molar-refractivity contribution in [2.75, 3.05) is 6.54 Å². The second kappa shape index (κ2) is 8.63. The van der Waals surface area contributed by atoms with Gasteiger partial charge in [0.15, 0.2) is 17.1 Å². The lowest BCUT2D eigenvalue weighted by Crippen LogP contribution is -2.22. The molecule has 4 aromatic heterocycles. The van der Waals surface area contributed by atoms with Gasteiger partial charge in [0.2, 0.25) is 11.7 Å². The maximum absolute atomic E-state index is 11.9. The summed E-state index contributed by atoms with van der Waals surface area (Å²) in [5, 5.41) is 30.6. The van der Waals surface area contributed by atoms with Crippen LogP contribution in [0, 0.1) is 0 Å². The van der Waals surface area contributed by atoms with E-state index in [0.29, 0.717) is 46.6 Å². The highest BCUT2D eigenvalue weighted by atomic mass is 16.5. The number of carbonyl (C=O) groups is 1. The summed E-state index contributed by atoms with van der Waals surface area (Å²) in [6.07, 6.45) is 1.51. The summed E-state index contributed by atoms with van der Waals surface area (Å²) in [5.74, 6) is 0.849. The van der Waals surface area contributed by atoms with Crippen LogP contribution in [0.3, 0.4) is 0 Å². The van der Waals surface area contributed by atoms with Crippen molar-refractivity contribution >= 4 is 22.3 Å². The molecule has 1 amide bonds. The number of rotatable bonds is 7. The molecule has 1 aromatic carbocycles. The molecule has 0 aliphatic rings. The highest BCUT2D eigenvalue weighted by Crippen LogP contribution is 2.29. The largest absolute Gasteiger partial charge is 0.470 e. The number of pyridine rings is 1. The average molecular weight is 445 g/mol. The number of benzene rings is 1. The summed E-state index contributed by atoms with van der Waals surface area (Å²) in [5.41, 5.74) is 2.05. The molecule has 0 bridgehead atoms. The molecular formula is C22H19N7O4. The van der Waals surface area contributed by atoms with Gasteiger partial charge in [-0.1, -0.05) is 23.4 Å². The molecule has 0 aliphatic carbocycles. The first-order valence-electron chi connectivity index (χ1n) is 10.2. The van der Waals surface area contributed by atoms with Crippen molar-refractivity contribution in [2.24, 2.45) is 0 Å². The number of amides is 1. The third kappa shape index (κ3) is 3.85. The number of nitrogens with one attached hydrogen (secondary N) is 1. The molecule has 166 valence electrons. The molecule has 0 aliphatic heterocycles. The van der Waals surface area contributed by atoms with E-state index in [0.717, 1.165) is 10.8 Å². The van der Waals surface area contributed by atoms with Crippen molar-refractivity contribution in [2.45, 2.75) is 20.1 Å². The first-order chi connectivity index (χ1) is 16.2. The molecule has 4 heterocycles.